The molecular formula is C25H30O8. The zero-order chi connectivity index (χ0) is 24.3. The monoisotopic (exact) mass is 458 g/mol. The Bertz CT molecular complexity index is 1020. The Balaban J connectivity index is 1.93. The molecule has 6 atom stereocenters. The Labute approximate surface area is 193 Å². The molecule has 8 nitrogen and oxygen atoms in total. The minimum absolute atomic E-state index is 0.399. The summed E-state index contributed by atoms with van der Waals surface area (Å²) in [4.78, 5) is 50.5. The van der Waals surface area contributed by atoms with Crippen molar-refractivity contribution in [2.24, 2.45) is 22.7 Å². The number of fused-ring (bicyclic) bond motifs is 2. The summed E-state index contributed by atoms with van der Waals surface area (Å²) in [5, 5.41) is 0. The lowest BCUT2D eigenvalue weighted by molar-refractivity contribution is -0.175. The van der Waals surface area contributed by atoms with E-state index in [9.17, 15) is 19.2 Å². The van der Waals surface area contributed by atoms with Crippen LogP contribution in [-0.4, -0.2) is 49.8 Å². The summed E-state index contributed by atoms with van der Waals surface area (Å²) in [6.07, 6.45) is 4.64. The van der Waals surface area contributed by atoms with Gasteiger partial charge in [0, 0.05) is 31.6 Å². The molecule has 2 saturated carbocycles. The number of methoxy groups -OCH3 is 2. The summed E-state index contributed by atoms with van der Waals surface area (Å²) in [5.41, 5.74) is -0.221. The predicted octanol–water partition coefficient (Wildman–Crippen LogP) is 2.81. The number of hydrogen-bond donors (Lipinski definition) is 0. The Morgan fingerprint density at radius 1 is 1.09 bits per heavy atom. The maximum Gasteiger partial charge on any atom is 0.316 e. The Morgan fingerprint density at radius 2 is 1.79 bits per heavy atom. The van der Waals surface area contributed by atoms with Crippen molar-refractivity contribution >= 4 is 23.9 Å². The first kappa shape index (κ1) is 23.3. The molecule has 0 heterocycles. The van der Waals surface area contributed by atoms with E-state index in [4.69, 9.17) is 18.9 Å². The third kappa shape index (κ3) is 3.02. The molecule has 0 N–H and O–H groups in total. The molecule has 0 saturated heterocycles. The van der Waals surface area contributed by atoms with Crippen molar-refractivity contribution < 1.29 is 38.1 Å². The van der Waals surface area contributed by atoms with Crippen LogP contribution >= 0.6 is 0 Å². The van der Waals surface area contributed by atoms with E-state index in [0.717, 1.165) is 16.7 Å². The van der Waals surface area contributed by atoms with Crippen LogP contribution in [0.4, 0.5) is 0 Å². The van der Waals surface area contributed by atoms with Gasteiger partial charge in [-0.2, -0.15) is 0 Å². The second-order valence-corrected chi connectivity index (χ2v) is 9.78. The van der Waals surface area contributed by atoms with Crippen LogP contribution in [0.5, 0.6) is 0 Å². The lowest BCUT2D eigenvalue weighted by Gasteiger charge is -2.45. The van der Waals surface area contributed by atoms with E-state index < -0.39 is 58.2 Å². The predicted molar refractivity (Wildman–Crippen MR) is 115 cm³/mol. The van der Waals surface area contributed by atoms with Gasteiger partial charge < -0.3 is 18.9 Å². The summed E-state index contributed by atoms with van der Waals surface area (Å²) < 4.78 is 21.8. The number of allylic oxidation sites excluding steroid dienone is 3. The first-order valence-corrected chi connectivity index (χ1v) is 11.1. The first-order valence-electron chi connectivity index (χ1n) is 11.1. The Kier molecular flexibility index (Phi) is 5.34. The van der Waals surface area contributed by atoms with Crippen molar-refractivity contribution in [3.05, 3.63) is 35.5 Å². The molecule has 1 spiro atoms. The van der Waals surface area contributed by atoms with Gasteiger partial charge in [-0.3, -0.25) is 19.2 Å². The fourth-order valence-electron chi connectivity index (χ4n) is 6.99. The van der Waals surface area contributed by atoms with Crippen molar-refractivity contribution in [3.63, 3.8) is 0 Å². The second-order valence-electron chi connectivity index (χ2n) is 9.78. The highest BCUT2D eigenvalue weighted by molar-refractivity contribution is 5.85. The highest BCUT2D eigenvalue weighted by atomic mass is 16.6. The van der Waals surface area contributed by atoms with E-state index in [1.165, 1.54) is 28.1 Å². The van der Waals surface area contributed by atoms with Crippen molar-refractivity contribution in [1.29, 1.82) is 0 Å². The number of hydrogen-bond acceptors (Lipinski definition) is 8. The Hall–Kier alpha value is -2.90. The molecule has 2 fully saturated rings. The fourth-order valence-corrected chi connectivity index (χ4v) is 6.99. The van der Waals surface area contributed by atoms with E-state index in [0.29, 0.717) is 25.7 Å². The zero-order valence-corrected chi connectivity index (χ0v) is 19.7. The summed E-state index contributed by atoms with van der Waals surface area (Å²) in [6, 6.07) is 0. The summed E-state index contributed by atoms with van der Waals surface area (Å²) in [7, 11) is 2.60. The molecule has 178 valence electrons. The van der Waals surface area contributed by atoms with Gasteiger partial charge in [0.2, 0.25) is 0 Å². The second kappa shape index (κ2) is 7.57. The van der Waals surface area contributed by atoms with Gasteiger partial charge in [0.05, 0.1) is 20.1 Å². The average molecular weight is 459 g/mol. The zero-order valence-electron chi connectivity index (χ0n) is 19.7. The molecule has 0 unspecified atom stereocenters. The van der Waals surface area contributed by atoms with Crippen LogP contribution in [0.15, 0.2) is 35.5 Å². The minimum Gasteiger partial charge on any atom is -0.469 e. The highest BCUT2D eigenvalue weighted by Crippen LogP contribution is 2.72. The van der Waals surface area contributed by atoms with Crippen LogP contribution in [0, 0.1) is 22.7 Å². The summed E-state index contributed by atoms with van der Waals surface area (Å²) in [6.45, 7) is 8.55. The molecule has 4 aliphatic carbocycles. The van der Waals surface area contributed by atoms with Crippen molar-refractivity contribution in [3.8, 4) is 0 Å². The lowest BCUT2D eigenvalue weighted by Crippen LogP contribution is -2.54. The molecule has 2 bridgehead atoms. The quantitative estimate of drug-likeness (QED) is 0.360. The van der Waals surface area contributed by atoms with Gasteiger partial charge in [-0.1, -0.05) is 18.2 Å². The van der Waals surface area contributed by atoms with Gasteiger partial charge in [0.1, 0.15) is 17.1 Å². The van der Waals surface area contributed by atoms with Crippen LogP contribution < -0.4 is 0 Å². The van der Waals surface area contributed by atoms with Crippen LogP contribution in [-0.2, 0) is 38.1 Å². The normalized spacial score (nSPS) is 38.3. The number of rotatable bonds is 4. The van der Waals surface area contributed by atoms with Crippen molar-refractivity contribution in [1.82, 2.24) is 0 Å². The van der Waals surface area contributed by atoms with Gasteiger partial charge in [-0.05, 0) is 43.4 Å². The number of esters is 4. The van der Waals surface area contributed by atoms with Gasteiger partial charge in [-0.25, -0.2) is 0 Å². The van der Waals surface area contributed by atoms with E-state index in [2.05, 4.69) is 6.58 Å². The Morgan fingerprint density at radius 3 is 2.36 bits per heavy atom. The van der Waals surface area contributed by atoms with Crippen LogP contribution in [0.3, 0.4) is 0 Å². The molecule has 0 aromatic rings. The minimum atomic E-state index is -1.35. The molecular weight excluding hydrogens is 428 g/mol. The van der Waals surface area contributed by atoms with Crippen LogP contribution in [0.25, 0.3) is 0 Å². The van der Waals surface area contributed by atoms with E-state index >= 15 is 0 Å². The maximum atomic E-state index is 13.4. The average Bonchev–Trinajstić information content (AvgIpc) is 3.15. The SMILES string of the molecule is C=C1C[C@]23C[C@@]1(OC(C)=O)CCC2=C1C=C[C@H](OC(C)=O)[C@@](C)(C(=O)OC)[C@H]1[C@@H]3C(=O)OC. The van der Waals surface area contributed by atoms with Gasteiger partial charge >= 0.3 is 23.9 Å². The molecule has 0 radical (unpaired) electrons. The van der Waals surface area contributed by atoms with Crippen LogP contribution in [0.2, 0.25) is 0 Å². The smallest absolute Gasteiger partial charge is 0.316 e. The third-order valence-corrected chi connectivity index (χ3v) is 8.17. The van der Waals surface area contributed by atoms with Crippen molar-refractivity contribution in [2.75, 3.05) is 14.2 Å². The largest absolute Gasteiger partial charge is 0.469 e. The number of carbonyl (C=O) groups excluding carboxylic acids is 4. The third-order valence-electron chi connectivity index (χ3n) is 8.17. The maximum absolute atomic E-state index is 13.4. The van der Waals surface area contributed by atoms with E-state index in [1.54, 1.807) is 13.0 Å². The molecule has 0 aliphatic heterocycles. The van der Waals surface area contributed by atoms with E-state index in [-0.39, 0.29) is 0 Å². The van der Waals surface area contributed by atoms with Crippen molar-refractivity contribution in [2.45, 2.75) is 58.2 Å². The van der Waals surface area contributed by atoms with Gasteiger partial charge in [0.25, 0.3) is 0 Å². The molecule has 0 amide bonds. The summed E-state index contributed by atoms with van der Waals surface area (Å²) >= 11 is 0. The van der Waals surface area contributed by atoms with Gasteiger partial charge in [-0.15, -0.1) is 0 Å². The molecule has 0 aromatic carbocycles. The first-order chi connectivity index (χ1) is 15.5. The molecule has 4 aliphatic rings. The summed E-state index contributed by atoms with van der Waals surface area (Å²) in [5.74, 6) is -3.37. The highest BCUT2D eigenvalue weighted by Gasteiger charge is 2.72. The van der Waals surface area contributed by atoms with E-state index in [1.807, 2.05) is 6.08 Å². The lowest BCUT2D eigenvalue weighted by atomic mass is 9.59. The molecule has 4 rings (SSSR count). The molecule has 8 heteroatoms. The standard InChI is InChI=1S/C25H30O8/c1-13-11-24-12-25(13,33-15(3)27)10-9-17(24)16-7-8-18(32-14(2)26)23(4,22(29)31-6)19(16)20(24)21(28)30-5/h7-8,18-20H,1,9-12H2,2-6H3/t18-,19+,20+,23+,24-,25-/m0/s1. The molecule has 0 aromatic heterocycles. The number of ether oxygens (including phenoxy) is 4. The van der Waals surface area contributed by atoms with Crippen LogP contribution in [0.1, 0.15) is 46.5 Å². The molecule has 33 heavy (non-hydrogen) atoms. The fraction of sp³-hybridized carbons (Fsp3) is 0.600. The number of carbonyl (C=O) groups is 4. The topological polar surface area (TPSA) is 105 Å². The van der Waals surface area contributed by atoms with Gasteiger partial charge in [0.15, 0.2) is 0 Å².